The lowest BCUT2D eigenvalue weighted by atomic mass is 9.73. The predicted octanol–water partition coefficient (Wildman–Crippen LogP) is 4.53. The van der Waals surface area contributed by atoms with Gasteiger partial charge >= 0.3 is 0 Å². The molecule has 0 heterocycles. The second kappa shape index (κ2) is 6.64. The Morgan fingerprint density at radius 3 is 2.69 bits per heavy atom. The van der Waals surface area contributed by atoms with Crippen molar-refractivity contribution in [3.63, 3.8) is 0 Å². The minimum Gasteiger partial charge on any atom is -0.390 e. The highest BCUT2D eigenvalue weighted by atomic mass is 16.3. The van der Waals surface area contributed by atoms with Crippen LogP contribution in [0.25, 0.3) is 0 Å². The van der Waals surface area contributed by atoms with Crippen LogP contribution in [0.1, 0.15) is 78.6 Å². The van der Waals surface area contributed by atoms with Crippen molar-refractivity contribution in [2.24, 2.45) is 11.8 Å². The Labute approximate surface area is 102 Å². The van der Waals surface area contributed by atoms with Gasteiger partial charge in [0.15, 0.2) is 0 Å². The van der Waals surface area contributed by atoms with Crippen molar-refractivity contribution in [1.29, 1.82) is 0 Å². The molecule has 0 bridgehead atoms. The van der Waals surface area contributed by atoms with Gasteiger partial charge in [-0.1, -0.05) is 59.3 Å². The molecule has 0 amide bonds. The first-order valence-corrected chi connectivity index (χ1v) is 7.32. The zero-order valence-electron chi connectivity index (χ0n) is 11.5. The largest absolute Gasteiger partial charge is 0.390 e. The van der Waals surface area contributed by atoms with Crippen molar-refractivity contribution >= 4 is 0 Å². The third kappa shape index (κ3) is 4.45. The Kier molecular flexibility index (Phi) is 5.82. The molecular weight excluding hydrogens is 196 g/mol. The van der Waals surface area contributed by atoms with Crippen LogP contribution >= 0.6 is 0 Å². The van der Waals surface area contributed by atoms with Crippen LogP contribution in [0.4, 0.5) is 0 Å². The van der Waals surface area contributed by atoms with E-state index >= 15 is 0 Å². The van der Waals surface area contributed by atoms with Crippen molar-refractivity contribution in [2.75, 3.05) is 0 Å². The van der Waals surface area contributed by atoms with Crippen LogP contribution < -0.4 is 0 Å². The zero-order chi connectivity index (χ0) is 12.0. The normalized spacial score (nSPS) is 32.6. The molecule has 1 rings (SSSR count). The average molecular weight is 226 g/mol. The van der Waals surface area contributed by atoms with E-state index in [2.05, 4.69) is 20.8 Å². The maximum atomic E-state index is 10.6. The Hall–Kier alpha value is -0.0400. The number of hydrogen-bond donors (Lipinski definition) is 1. The molecule has 1 heteroatoms. The summed E-state index contributed by atoms with van der Waals surface area (Å²) in [5.41, 5.74) is -0.327. The van der Waals surface area contributed by atoms with Gasteiger partial charge in [-0.2, -0.15) is 0 Å². The molecule has 1 fully saturated rings. The molecule has 1 aliphatic rings. The smallest absolute Gasteiger partial charge is 0.0653 e. The van der Waals surface area contributed by atoms with Crippen molar-refractivity contribution in [2.45, 2.75) is 84.2 Å². The number of rotatable bonds is 6. The summed E-state index contributed by atoms with van der Waals surface area (Å²) < 4.78 is 0. The lowest BCUT2D eigenvalue weighted by Crippen LogP contribution is -2.36. The highest BCUT2D eigenvalue weighted by molar-refractivity contribution is 4.86. The van der Waals surface area contributed by atoms with Crippen LogP contribution in [0.3, 0.4) is 0 Å². The zero-order valence-corrected chi connectivity index (χ0v) is 11.5. The van der Waals surface area contributed by atoms with Crippen LogP contribution in [0.5, 0.6) is 0 Å². The molecule has 0 aliphatic heterocycles. The molecule has 1 aliphatic carbocycles. The van der Waals surface area contributed by atoms with E-state index in [1.807, 2.05) is 0 Å². The number of hydrogen-bond acceptors (Lipinski definition) is 1. The summed E-state index contributed by atoms with van der Waals surface area (Å²) in [6.45, 7) is 6.82. The van der Waals surface area contributed by atoms with E-state index < -0.39 is 0 Å². The Balaban J connectivity index is 2.42. The van der Waals surface area contributed by atoms with Gasteiger partial charge in [0, 0.05) is 0 Å². The molecule has 1 nitrogen and oxygen atoms in total. The van der Waals surface area contributed by atoms with E-state index in [1.165, 1.54) is 38.5 Å². The first-order chi connectivity index (χ1) is 7.59. The standard InChI is InChI=1S/C15H30O/c1-4-6-9-14(5-2)12-15(16)10-7-8-13(3)11-15/h13-14,16H,4-12H2,1-3H3. The molecule has 3 unspecified atom stereocenters. The van der Waals surface area contributed by atoms with Crippen LogP contribution in [0.15, 0.2) is 0 Å². The maximum Gasteiger partial charge on any atom is 0.0653 e. The van der Waals surface area contributed by atoms with E-state index in [1.54, 1.807) is 0 Å². The summed E-state index contributed by atoms with van der Waals surface area (Å²) in [5, 5.41) is 10.6. The molecule has 0 aromatic heterocycles. The molecule has 0 aromatic rings. The fourth-order valence-corrected chi connectivity index (χ4v) is 3.30. The Morgan fingerprint density at radius 2 is 2.12 bits per heavy atom. The third-order valence-electron chi connectivity index (χ3n) is 4.28. The lowest BCUT2D eigenvalue weighted by molar-refractivity contribution is -0.0341. The summed E-state index contributed by atoms with van der Waals surface area (Å²) in [7, 11) is 0. The van der Waals surface area contributed by atoms with Gasteiger partial charge in [-0.25, -0.2) is 0 Å². The lowest BCUT2D eigenvalue weighted by Gasteiger charge is -2.38. The number of aliphatic hydroxyl groups is 1. The van der Waals surface area contributed by atoms with Gasteiger partial charge in [0.25, 0.3) is 0 Å². The quantitative estimate of drug-likeness (QED) is 0.705. The Bertz CT molecular complexity index is 190. The minimum absolute atomic E-state index is 0.327. The van der Waals surface area contributed by atoms with Gasteiger partial charge in [0.05, 0.1) is 5.60 Å². The topological polar surface area (TPSA) is 20.2 Å². The monoisotopic (exact) mass is 226 g/mol. The van der Waals surface area contributed by atoms with E-state index in [-0.39, 0.29) is 5.60 Å². The minimum atomic E-state index is -0.327. The van der Waals surface area contributed by atoms with Gasteiger partial charge in [-0.05, 0) is 31.1 Å². The van der Waals surface area contributed by atoms with Gasteiger partial charge in [-0.3, -0.25) is 0 Å². The molecule has 0 spiro atoms. The first-order valence-electron chi connectivity index (χ1n) is 7.32. The Morgan fingerprint density at radius 1 is 1.38 bits per heavy atom. The molecule has 1 saturated carbocycles. The molecule has 96 valence electrons. The van der Waals surface area contributed by atoms with Gasteiger partial charge in [0.2, 0.25) is 0 Å². The molecule has 0 saturated heterocycles. The summed E-state index contributed by atoms with van der Waals surface area (Å²) in [4.78, 5) is 0. The van der Waals surface area contributed by atoms with Gasteiger partial charge in [-0.15, -0.1) is 0 Å². The highest BCUT2D eigenvalue weighted by Gasteiger charge is 2.34. The summed E-state index contributed by atoms with van der Waals surface area (Å²) in [6, 6.07) is 0. The van der Waals surface area contributed by atoms with Gasteiger partial charge < -0.3 is 5.11 Å². The molecule has 1 N–H and O–H groups in total. The molecule has 16 heavy (non-hydrogen) atoms. The van der Waals surface area contributed by atoms with Crippen molar-refractivity contribution in [3.05, 3.63) is 0 Å². The maximum absolute atomic E-state index is 10.6. The van der Waals surface area contributed by atoms with Crippen LogP contribution in [-0.2, 0) is 0 Å². The molecule has 0 radical (unpaired) electrons. The SMILES string of the molecule is CCCCC(CC)CC1(O)CCCC(C)C1. The van der Waals surface area contributed by atoms with Crippen LogP contribution in [0.2, 0.25) is 0 Å². The van der Waals surface area contributed by atoms with Crippen molar-refractivity contribution < 1.29 is 5.11 Å². The average Bonchev–Trinajstić information content (AvgIpc) is 2.23. The van der Waals surface area contributed by atoms with E-state index in [9.17, 15) is 5.11 Å². The molecule has 0 aromatic carbocycles. The predicted molar refractivity (Wildman–Crippen MR) is 70.5 cm³/mol. The summed E-state index contributed by atoms with van der Waals surface area (Å²) >= 11 is 0. The third-order valence-corrected chi connectivity index (χ3v) is 4.28. The highest BCUT2D eigenvalue weighted by Crippen LogP contribution is 2.38. The van der Waals surface area contributed by atoms with Crippen LogP contribution in [0, 0.1) is 11.8 Å². The second-order valence-corrected chi connectivity index (χ2v) is 6.05. The fourth-order valence-electron chi connectivity index (χ4n) is 3.30. The van der Waals surface area contributed by atoms with Crippen molar-refractivity contribution in [1.82, 2.24) is 0 Å². The van der Waals surface area contributed by atoms with Gasteiger partial charge in [0.1, 0.15) is 0 Å². The molecule has 3 atom stereocenters. The molecular formula is C15H30O. The summed E-state index contributed by atoms with van der Waals surface area (Å²) in [6.07, 6.45) is 10.8. The van der Waals surface area contributed by atoms with Crippen molar-refractivity contribution in [3.8, 4) is 0 Å². The first kappa shape index (κ1) is 14.0. The van der Waals surface area contributed by atoms with E-state index in [4.69, 9.17) is 0 Å². The van der Waals surface area contributed by atoms with E-state index in [0.29, 0.717) is 0 Å². The fraction of sp³-hybridized carbons (Fsp3) is 1.00. The summed E-state index contributed by atoms with van der Waals surface area (Å²) in [5.74, 6) is 1.47. The van der Waals surface area contributed by atoms with E-state index in [0.717, 1.165) is 31.1 Å². The second-order valence-electron chi connectivity index (χ2n) is 6.05. The number of unbranched alkanes of at least 4 members (excludes halogenated alkanes) is 1. The van der Waals surface area contributed by atoms with Crippen LogP contribution in [-0.4, -0.2) is 10.7 Å².